The number of unbranched alkanes of at least 4 members (excludes halogenated alkanes) is 1. The van der Waals surface area contributed by atoms with Crippen LogP contribution in [-0.2, 0) is 16.1 Å². The van der Waals surface area contributed by atoms with Crippen molar-refractivity contribution in [1.82, 2.24) is 5.32 Å². The van der Waals surface area contributed by atoms with Gasteiger partial charge in [0.15, 0.2) is 0 Å². The molecule has 0 amide bonds. The van der Waals surface area contributed by atoms with Gasteiger partial charge in [-0.2, -0.15) is 0 Å². The number of rotatable bonds is 8. The maximum atomic E-state index is 11.5. The number of carbonyl (C=O) groups is 1. The third-order valence-corrected chi connectivity index (χ3v) is 2.71. The van der Waals surface area contributed by atoms with Crippen LogP contribution < -0.4 is 10.1 Å². The molecule has 0 atom stereocenters. The van der Waals surface area contributed by atoms with Crippen molar-refractivity contribution in [3.05, 3.63) is 29.8 Å². The Morgan fingerprint density at radius 2 is 1.86 bits per heavy atom. The highest BCUT2D eigenvalue weighted by atomic mass is 16.6. The minimum absolute atomic E-state index is 0.214. The average Bonchev–Trinajstić information content (AvgIpc) is 2.39. The lowest BCUT2D eigenvalue weighted by atomic mass is 10.2. The van der Waals surface area contributed by atoms with Crippen LogP contribution in [-0.4, -0.2) is 24.7 Å². The van der Waals surface area contributed by atoms with Gasteiger partial charge in [0.05, 0.1) is 13.2 Å². The van der Waals surface area contributed by atoms with Crippen molar-refractivity contribution in [2.75, 3.05) is 13.2 Å². The topological polar surface area (TPSA) is 47.6 Å². The Morgan fingerprint density at radius 1 is 1.19 bits per heavy atom. The first-order valence-corrected chi connectivity index (χ1v) is 7.55. The fourth-order valence-electron chi connectivity index (χ4n) is 1.72. The molecule has 0 spiro atoms. The Hall–Kier alpha value is -1.55. The van der Waals surface area contributed by atoms with E-state index in [1.807, 2.05) is 45.0 Å². The second-order valence-electron chi connectivity index (χ2n) is 6.04. The summed E-state index contributed by atoms with van der Waals surface area (Å²) in [7, 11) is 0. The number of esters is 1. The van der Waals surface area contributed by atoms with Crippen molar-refractivity contribution < 1.29 is 14.3 Å². The zero-order chi connectivity index (χ0) is 15.7. The number of nitrogens with one attached hydrogen (secondary N) is 1. The second kappa shape index (κ2) is 8.67. The van der Waals surface area contributed by atoms with Crippen molar-refractivity contribution in [1.29, 1.82) is 0 Å². The van der Waals surface area contributed by atoms with E-state index in [9.17, 15) is 4.79 Å². The average molecular weight is 293 g/mol. The van der Waals surface area contributed by atoms with Crippen molar-refractivity contribution >= 4 is 5.97 Å². The van der Waals surface area contributed by atoms with Crippen LogP contribution in [0.4, 0.5) is 0 Å². The molecule has 1 aromatic rings. The van der Waals surface area contributed by atoms with E-state index in [4.69, 9.17) is 9.47 Å². The molecule has 0 heterocycles. The SMILES string of the molecule is CCCCOc1ccc(CNCC(=O)OC(C)(C)C)cc1. The number of carbonyl (C=O) groups excluding carboxylic acids is 1. The van der Waals surface area contributed by atoms with Gasteiger partial charge in [0.2, 0.25) is 0 Å². The van der Waals surface area contributed by atoms with E-state index in [0.29, 0.717) is 6.54 Å². The van der Waals surface area contributed by atoms with E-state index in [1.165, 1.54) is 0 Å². The Balaban J connectivity index is 2.28. The first kappa shape index (κ1) is 17.5. The molecule has 0 saturated carbocycles. The molecule has 0 aliphatic heterocycles. The van der Waals surface area contributed by atoms with Crippen LogP contribution in [0.15, 0.2) is 24.3 Å². The number of hydrogen-bond acceptors (Lipinski definition) is 4. The van der Waals surface area contributed by atoms with Crippen LogP contribution in [0.2, 0.25) is 0 Å². The van der Waals surface area contributed by atoms with Gasteiger partial charge in [-0.15, -0.1) is 0 Å². The summed E-state index contributed by atoms with van der Waals surface area (Å²) in [4.78, 5) is 11.5. The van der Waals surface area contributed by atoms with Crippen LogP contribution in [0.5, 0.6) is 5.75 Å². The van der Waals surface area contributed by atoms with Gasteiger partial charge in [0.25, 0.3) is 0 Å². The largest absolute Gasteiger partial charge is 0.494 e. The van der Waals surface area contributed by atoms with Gasteiger partial charge in [-0.1, -0.05) is 25.5 Å². The quantitative estimate of drug-likeness (QED) is 0.590. The standard InChI is InChI=1S/C17H27NO3/c1-5-6-11-20-15-9-7-14(8-10-15)12-18-13-16(19)21-17(2,3)4/h7-10,18H,5-6,11-13H2,1-4H3. The van der Waals surface area contributed by atoms with Gasteiger partial charge >= 0.3 is 5.97 Å². The first-order valence-electron chi connectivity index (χ1n) is 7.55. The molecule has 0 saturated heterocycles. The second-order valence-corrected chi connectivity index (χ2v) is 6.04. The molecule has 0 fully saturated rings. The van der Waals surface area contributed by atoms with Gasteiger partial charge in [-0.3, -0.25) is 4.79 Å². The van der Waals surface area contributed by atoms with Crippen molar-refractivity contribution in [3.63, 3.8) is 0 Å². The van der Waals surface area contributed by atoms with Gasteiger partial charge < -0.3 is 14.8 Å². The third kappa shape index (κ3) is 8.35. The zero-order valence-electron chi connectivity index (χ0n) is 13.6. The maximum absolute atomic E-state index is 11.5. The fourth-order valence-corrected chi connectivity index (χ4v) is 1.72. The highest BCUT2D eigenvalue weighted by molar-refractivity contribution is 5.72. The summed E-state index contributed by atoms with van der Waals surface area (Å²) >= 11 is 0. The Kier molecular flexibility index (Phi) is 7.23. The van der Waals surface area contributed by atoms with Crippen LogP contribution >= 0.6 is 0 Å². The van der Waals surface area contributed by atoms with Gasteiger partial charge in [-0.05, 0) is 44.9 Å². The molecule has 0 aliphatic carbocycles. The summed E-state index contributed by atoms with van der Waals surface area (Å²) in [6, 6.07) is 7.92. The molecular weight excluding hydrogens is 266 g/mol. The smallest absolute Gasteiger partial charge is 0.320 e. The van der Waals surface area contributed by atoms with Crippen molar-refractivity contribution in [2.45, 2.75) is 52.7 Å². The normalized spacial score (nSPS) is 11.2. The van der Waals surface area contributed by atoms with E-state index in [1.54, 1.807) is 0 Å². The predicted octanol–water partition coefficient (Wildman–Crippen LogP) is 3.30. The first-order chi connectivity index (χ1) is 9.90. The summed E-state index contributed by atoms with van der Waals surface area (Å²) < 4.78 is 10.8. The monoisotopic (exact) mass is 293 g/mol. The summed E-state index contributed by atoms with van der Waals surface area (Å²) in [6.45, 7) is 9.34. The molecule has 0 bridgehead atoms. The van der Waals surface area contributed by atoms with E-state index < -0.39 is 5.60 Å². The molecule has 0 aromatic heterocycles. The molecule has 1 aromatic carbocycles. The van der Waals surface area contributed by atoms with Crippen LogP contribution in [0.25, 0.3) is 0 Å². The number of ether oxygens (including phenoxy) is 2. The molecule has 1 N–H and O–H groups in total. The molecule has 0 unspecified atom stereocenters. The van der Waals surface area contributed by atoms with Gasteiger partial charge in [0.1, 0.15) is 11.4 Å². The zero-order valence-corrected chi connectivity index (χ0v) is 13.6. The van der Waals surface area contributed by atoms with Crippen LogP contribution in [0.1, 0.15) is 46.1 Å². The summed E-state index contributed by atoms with van der Waals surface area (Å²) in [5, 5.41) is 3.08. The Morgan fingerprint density at radius 3 is 2.43 bits per heavy atom. The van der Waals surface area contributed by atoms with Crippen LogP contribution in [0, 0.1) is 0 Å². The molecular formula is C17H27NO3. The molecule has 0 radical (unpaired) electrons. The molecule has 21 heavy (non-hydrogen) atoms. The summed E-state index contributed by atoms with van der Waals surface area (Å²) in [6.07, 6.45) is 2.20. The summed E-state index contributed by atoms with van der Waals surface area (Å²) in [5.41, 5.74) is 0.678. The Bertz CT molecular complexity index is 421. The minimum atomic E-state index is -0.434. The minimum Gasteiger partial charge on any atom is -0.494 e. The van der Waals surface area contributed by atoms with Crippen molar-refractivity contribution in [3.8, 4) is 5.75 Å². The maximum Gasteiger partial charge on any atom is 0.320 e. The van der Waals surface area contributed by atoms with E-state index in [0.717, 1.165) is 30.8 Å². The lowest BCUT2D eigenvalue weighted by Crippen LogP contribution is -2.31. The van der Waals surface area contributed by atoms with Gasteiger partial charge in [-0.25, -0.2) is 0 Å². The molecule has 0 aliphatic rings. The molecule has 4 nitrogen and oxygen atoms in total. The Labute approximate surface area is 127 Å². The predicted molar refractivity (Wildman–Crippen MR) is 84.4 cm³/mol. The third-order valence-electron chi connectivity index (χ3n) is 2.71. The number of hydrogen-bond donors (Lipinski definition) is 1. The number of benzene rings is 1. The highest BCUT2D eigenvalue weighted by Gasteiger charge is 2.15. The fraction of sp³-hybridized carbons (Fsp3) is 0.588. The van der Waals surface area contributed by atoms with E-state index >= 15 is 0 Å². The summed E-state index contributed by atoms with van der Waals surface area (Å²) in [5.74, 6) is 0.654. The molecule has 4 heteroatoms. The van der Waals surface area contributed by atoms with E-state index in [-0.39, 0.29) is 12.5 Å². The highest BCUT2D eigenvalue weighted by Crippen LogP contribution is 2.12. The van der Waals surface area contributed by atoms with Crippen LogP contribution in [0.3, 0.4) is 0 Å². The van der Waals surface area contributed by atoms with Gasteiger partial charge in [0, 0.05) is 6.54 Å². The lowest BCUT2D eigenvalue weighted by molar-refractivity contribution is -0.153. The lowest BCUT2D eigenvalue weighted by Gasteiger charge is -2.19. The molecule has 118 valence electrons. The van der Waals surface area contributed by atoms with Crippen molar-refractivity contribution in [2.24, 2.45) is 0 Å². The molecule has 1 rings (SSSR count). The van der Waals surface area contributed by atoms with E-state index in [2.05, 4.69) is 12.2 Å².